The van der Waals surface area contributed by atoms with E-state index in [0.717, 1.165) is 51.1 Å². The van der Waals surface area contributed by atoms with Crippen molar-refractivity contribution in [1.29, 1.82) is 0 Å². The predicted molar refractivity (Wildman–Crippen MR) is 149 cm³/mol. The third-order valence-electron chi connectivity index (χ3n) is 7.48. The fourth-order valence-corrected chi connectivity index (χ4v) is 4.91. The van der Waals surface area contributed by atoms with Crippen LogP contribution in [0.3, 0.4) is 0 Å². The van der Waals surface area contributed by atoms with Crippen LogP contribution in [0.1, 0.15) is 43.9 Å². The molecule has 4 rings (SSSR count). The van der Waals surface area contributed by atoms with Gasteiger partial charge in [-0.1, -0.05) is 49.7 Å². The van der Waals surface area contributed by atoms with Gasteiger partial charge < -0.3 is 30.0 Å². The molecular formula is C30H43N3O5. The van der Waals surface area contributed by atoms with Crippen molar-refractivity contribution < 1.29 is 24.1 Å². The Hall–Kier alpha value is -2.65. The number of carbonyl (C=O) groups excluding carboxylic acids is 1. The molecule has 2 aromatic carbocycles. The molecular weight excluding hydrogens is 482 g/mol. The SMILES string of the molecule is Cc1cccc(CCOCCC2OC2N(CCNCCc2ccc(O)c3c2OCC(=O)N3)[C@H](C)C(C)C)c1. The Labute approximate surface area is 226 Å². The molecule has 8 heteroatoms. The second-order valence-electron chi connectivity index (χ2n) is 10.7. The summed E-state index contributed by atoms with van der Waals surface area (Å²) in [5.41, 5.74) is 3.94. The zero-order valence-electron chi connectivity index (χ0n) is 23.2. The lowest BCUT2D eigenvalue weighted by Crippen LogP contribution is -2.44. The van der Waals surface area contributed by atoms with Gasteiger partial charge in [-0.2, -0.15) is 0 Å². The van der Waals surface area contributed by atoms with Crippen LogP contribution in [0.25, 0.3) is 0 Å². The number of epoxide rings is 1. The smallest absolute Gasteiger partial charge is 0.262 e. The van der Waals surface area contributed by atoms with Crippen LogP contribution in [0.5, 0.6) is 11.5 Å². The lowest BCUT2D eigenvalue weighted by atomic mass is 10.0. The molecule has 208 valence electrons. The summed E-state index contributed by atoms with van der Waals surface area (Å²) in [4.78, 5) is 14.1. The number of nitrogens with zero attached hydrogens (tertiary/aromatic N) is 1. The molecule has 2 heterocycles. The first-order valence-corrected chi connectivity index (χ1v) is 13.9. The number of aromatic hydroxyl groups is 1. The molecule has 0 aliphatic carbocycles. The number of aryl methyl sites for hydroxylation is 1. The third-order valence-corrected chi connectivity index (χ3v) is 7.48. The maximum Gasteiger partial charge on any atom is 0.262 e. The molecule has 0 spiro atoms. The molecule has 3 N–H and O–H groups in total. The van der Waals surface area contributed by atoms with Gasteiger partial charge in [0.2, 0.25) is 0 Å². The number of rotatable bonds is 15. The number of benzene rings is 2. The van der Waals surface area contributed by atoms with Gasteiger partial charge in [-0.05, 0) is 56.3 Å². The van der Waals surface area contributed by atoms with Crippen LogP contribution in [0.15, 0.2) is 36.4 Å². The average molecular weight is 526 g/mol. The Morgan fingerprint density at radius 3 is 2.79 bits per heavy atom. The summed E-state index contributed by atoms with van der Waals surface area (Å²) >= 11 is 0. The van der Waals surface area contributed by atoms with Crippen molar-refractivity contribution in [2.75, 3.05) is 44.8 Å². The molecule has 8 nitrogen and oxygen atoms in total. The van der Waals surface area contributed by atoms with Crippen LogP contribution < -0.4 is 15.4 Å². The second-order valence-corrected chi connectivity index (χ2v) is 10.7. The summed E-state index contributed by atoms with van der Waals surface area (Å²) in [5.74, 6) is 0.869. The zero-order chi connectivity index (χ0) is 27.1. The fourth-order valence-electron chi connectivity index (χ4n) is 4.91. The van der Waals surface area contributed by atoms with Gasteiger partial charge in [0.1, 0.15) is 23.8 Å². The molecule has 0 bridgehead atoms. The Morgan fingerprint density at radius 1 is 1.16 bits per heavy atom. The number of ether oxygens (including phenoxy) is 3. The average Bonchev–Trinajstić information content (AvgIpc) is 3.66. The lowest BCUT2D eigenvalue weighted by Gasteiger charge is -2.30. The maximum absolute atomic E-state index is 11.6. The Morgan fingerprint density at radius 2 is 2.00 bits per heavy atom. The van der Waals surface area contributed by atoms with Crippen LogP contribution in [0.4, 0.5) is 5.69 Å². The van der Waals surface area contributed by atoms with Crippen LogP contribution in [-0.2, 0) is 27.1 Å². The van der Waals surface area contributed by atoms with E-state index in [9.17, 15) is 9.90 Å². The summed E-state index contributed by atoms with van der Waals surface area (Å²) < 4.78 is 17.6. The van der Waals surface area contributed by atoms with E-state index in [1.54, 1.807) is 6.07 Å². The van der Waals surface area contributed by atoms with Gasteiger partial charge in [-0.3, -0.25) is 9.69 Å². The van der Waals surface area contributed by atoms with Crippen LogP contribution in [-0.4, -0.2) is 73.7 Å². The van der Waals surface area contributed by atoms with Gasteiger partial charge in [0.05, 0.1) is 6.61 Å². The van der Waals surface area contributed by atoms with Crippen LogP contribution in [0, 0.1) is 12.8 Å². The van der Waals surface area contributed by atoms with E-state index in [-0.39, 0.29) is 30.6 Å². The number of phenolic OH excluding ortho intramolecular Hbond substituents is 1. The molecule has 2 aliphatic rings. The number of hydrogen-bond acceptors (Lipinski definition) is 7. The number of carbonyl (C=O) groups is 1. The van der Waals surface area contributed by atoms with Crippen molar-refractivity contribution in [3.63, 3.8) is 0 Å². The monoisotopic (exact) mass is 525 g/mol. The summed E-state index contributed by atoms with van der Waals surface area (Å²) in [6.45, 7) is 12.8. The number of fused-ring (bicyclic) bond motifs is 1. The quantitative estimate of drug-likeness (QED) is 0.185. The maximum atomic E-state index is 11.6. The minimum absolute atomic E-state index is 0.0266. The van der Waals surface area contributed by atoms with E-state index >= 15 is 0 Å². The number of amides is 1. The van der Waals surface area contributed by atoms with Crippen molar-refractivity contribution >= 4 is 11.6 Å². The highest BCUT2D eigenvalue weighted by atomic mass is 16.6. The molecule has 0 radical (unpaired) electrons. The first-order valence-electron chi connectivity index (χ1n) is 13.9. The van der Waals surface area contributed by atoms with E-state index < -0.39 is 0 Å². The standard InChI is InChI=1S/C30H43N3O5/c1-20(2)22(4)33(30-26(38-30)12-17-36-16-11-23-7-5-6-21(3)18-23)15-14-31-13-10-24-8-9-25(34)28-29(24)37-19-27(35)32-28/h5-9,18,20,22,26,30-31,34H,10-17,19H2,1-4H3,(H,32,35)/t22-,26?,30?/m1/s1. The summed E-state index contributed by atoms with van der Waals surface area (Å²) in [6, 6.07) is 12.5. The predicted octanol–water partition coefficient (Wildman–Crippen LogP) is 3.88. The number of phenols is 1. The van der Waals surface area contributed by atoms with Crippen molar-refractivity contribution in [1.82, 2.24) is 10.2 Å². The molecule has 38 heavy (non-hydrogen) atoms. The number of hydrogen-bond donors (Lipinski definition) is 3. The number of nitrogens with one attached hydrogen (secondary N) is 2. The topological polar surface area (TPSA) is 95.6 Å². The van der Waals surface area contributed by atoms with Crippen molar-refractivity contribution in [2.24, 2.45) is 5.92 Å². The van der Waals surface area contributed by atoms with Gasteiger partial charge in [0.25, 0.3) is 5.91 Å². The zero-order valence-corrected chi connectivity index (χ0v) is 23.2. The minimum Gasteiger partial charge on any atom is -0.506 e. The second kappa shape index (κ2) is 13.4. The molecule has 3 atom stereocenters. The molecule has 0 aromatic heterocycles. The highest BCUT2D eigenvalue weighted by Gasteiger charge is 2.44. The Kier molecular flexibility index (Phi) is 10.0. The minimum atomic E-state index is -0.253. The largest absolute Gasteiger partial charge is 0.506 e. The van der Waals surface area contributed by atoms with Gasteiger partial charge in [-0.25, -0.2) is 0 Å². The first kappa shape index (κ1) is 28.4. The first-order chi connectivity index (χ1) is 18.3. The third kappa shape index (κ3) is 7.69. The molecule has 2 unspecified atom stereocenters. The van der Waals surface area contributed by atoms with Crippen molar-refractivity contribution in [3.8, 4) is 11.5 Å². The lowest BCUT2D eigenvalue weighted by molar-refractivity contribution is -0.118. The van der Waals surface area contributed by atoms with E-state index in [0.29, 0.717) is 30.0 Å². The summed E-state index contributed by atoms with van der Waals surface area (Å²) in [7, 11) is 0. The highest BCUT2D eigenvalue weighted by Crippen LogP contribution is 2.39. The van der Waals surface area contributed by atoms with Gasteiger partial charge >= 0.3 is 0 Å². The fraction of sp³-hybridized carbons (Fsp3) is 0.567. The van der Waals surface area contributed by atoms with E-state index in [4.69, 9.17) is 14.2 Å². The van der Waals surface area contributed by atoms with Crippen LogP contribution in [0.2, 0.25) is 0 Å². The Balaban J connectivity index is 1.17. The molecule has 2 aliphatic heterocycles. The number of anilines is 1. The molecule has 2 aromatic rings. The summed E-state index contributed by atoms with van der Waals surface area (Å²) in [6.07, 6.45) is 2.96. The molecule has 1 fully saturated rings. The van der Waals surface area contributed by atoms with E-state index in [1.165, 1.54) is 11.1 Å². The molecule has 1 amide bonds. The van der Waals surface area contributed by atoms with Crippen LogP contribution >= 0.6 is 0 Å². The summed E-state index contributed by atoms with van der Waals surface area (Å²) in [5, 5.41) is 16.3. The molecule has 0 saturated carbocycles. The van der Waals surface area contributed by atoms with E-state index in [1.807, 2.05) is 6.07 Å². The highest BCUT2D eigenvalue weighted by molar-refractivity contribution is 5.97. The normalized spacial score (nSPS) is 19.3. The van der Waals surface area contributed by atoms with Gasteiger partial charge in [0.15, 0.2) is 12.4 Å². The van der Waals surface area contributed by atoms with Crippen molar-refractivity contribution in [3.05, 3.63) is 53.1 Å². The van der Waals surface area contributed by atoms with Gasteiger partial charge in [-0.15, -0.1) is 0 Å². The van der Waals surface area contributed by atoms with E-state index in [2.05, 4.69) is 67.5 Å². The molecule has 1 saturated heterocycles. The van der Waals surface area contributed by atoms with Crippen molar-refractivity contribution in [2.45, 2.75) is 65.3 Å². The van der Waals surface area contributed by atoms with Gasteiger partial charge in [0, 0.05) is 32.2 Å². The Bertz CT molecular complexity index is 1080.